The van der Waals surface area contributed by atoms with Gasteiger partial charge in [0.2, 0.25) is 0 Å². The Hall–Kier alpha value is -2.54. The van der Waals surface area contributed by atoms with Crippen LogP contribution in [-0.4, -0.2) is 36.7 Å². The number of hydrogen-bond acceptors (Lipinski definition) is 5. The van der Waals surface area contributed by atoms with Crippen molar-refractivity contribution in [2.45, 2.75) is 45.6 Å². The number of phenolic OH excluding ortho intramolecular Hbond substituents is 1. The monoisotopic (exact) mass is 477 g/mol. The predicted octanol–water partition coefficient (Wildman–Crippen LogP) is 4.55. The Balaban J connectivity index is 2.21. The molecule has 0 bridgehead atoms. The average Bonchev–Trinajstić information content (AvgIpc) is 2.74. The summed E-state index contributed by atoms with van der Waals surface area (Å²) in [4.78, 5) is 25.1. The number of unbranched alkanes of at least 4 members (excludes halogenated alkanes) is 2. The van der Waals surface area contributed by atoms with E-state index in [-0.39, 0.29) is 17.7 Å². The van der Waals surface area contributed by atoms with Crippen LogP contribution < -0.4 is 10.1 Å². The number of esters is 1. The van der Waals surface area contributed by atoms with Gasteiger partial charge in [-0.2, -0.15) is 0 Å². The first-order valence-corrected chi connectivity index (χ1v) is 10.8. The number of rotatable bonds is 10. The Labute approximate surface area is 185 Å². The SMILES string of the molecule is CCCCCOc1cc(O)c(C(=O)N[C@@H](Cc2ccccc2)C(=O)OC)c(C)c1Br. The molecule has 0 heterocycles. The summed E-state index contributed by atoms with van der Waals surface area (Å²) in [6.07, 6.45) is 3.32. The zero-order valence-electron chi connectivity index (χ0n) is 17.5. The number of phenols is 1. The van der Waals surface area contributed by atoms with Crippen LogP contribution in [0.5, 0.6) is 11.5 Å². The van der Waals surface area contributed by atoms with E-state index >= 15 is 0 Å². The number of hydrogen-bond donors (Lipinski definition) is 2. The average molecular weight is 478 g/mol. The number of aromatic hydroxyl groups is 1. The van der Waals surface area contributed by atoms with Gasteiger partial charge in [-0.05, 0) is 40.4 Å². The molecule has 30 heavy (non-hydrogen) atoms. The van der Waals surface area contributed by atoms with Crippen molar-refractivity contribution in [3.8, 4) is 11.5 Å². The second kappa shape index (κ2) is 11.6. The van der Waals surface area contributed by atoms with Gasteiger partial charge in [0.25, 0.3) is 5.91 Å². The lowest BCUT2D eigenvalue weighted by Gasteiger charge is -2.19. The minimum atomic E-state index is -0.882. The molecule has 0 saturated heterocycles. The normalized spacial score (nSPS) is 11.6. The minimum absolute atomic E-state index is 0.0877. The summed E-state index contributed by atoms with van der Waals surface area (Å²) in [6.45, 7) is 4.35. The summed E-state index contributed by atoms with van der Waals surface area (Å²) in [5.41, 5.74) is 1.50. The molecule has 0 spiro atoms. The van der Waals surface area contributed by atoms with Crippen LogP contribution >= 0.6 is 15.9 Å². The molecule has 2 aromatic carbocycles. The zero-order valence-corrected chi connectivity index (χ0v) is 19.1. The maximum Gasteiger partial charge on any atom is 0.328 e. The number of carbonyl (C=O) groups excluding carboxylic acids is 2. The number of halogens is 1. The Morgan fingerprint density at radius 1 is 1.20 bits per heavy atom. The molecule has 0 unspecified atom stereocenters. The van der Waals surface area contributed by atoms with Gasteiger partial charge < -0.3 is 19.9 Å². The third kappa shape index (κ3) is 6.23. The molecular formula is C23H28BrNO5. The van der Waals surface area contributed by atoms with Crippen LogP contribution in [0.1, 0.15) is 47.7 Å². The van der Waals surface area contributed by atoms with Crippen molar-refractivity contribution in [2.75, 3.05) is 13.7 Å². The summed E-state index contributed by atoms with van der Waals surface area (Å²) in [7, 11) is 1.27. The highest BCUT2D eigenvalue weighted by molar-refractivity contribution is 9.10. The van der Waals surface area contributed by atoms with Crippen LogP contribution in [0.3, 0.4) is 0 Å². The molecule has 7 heteroatoms. The molecule has 1 atom stereocenters. The van der Waals surface area contributed by atoms with Crippen LogP contribution in [0.25, 0.3) is 0 Å². The van der Waals surface area contributed by atoms with Gasteiger partial charge in [0, 0.05) is 12.5 Å². The van der Waals surface area contributed by atoms with Crippen molar-refractivity contribution >= 4 is 27.8 Å². The number of methoxy groups -OCH3 is 1. The summed E-state index contributed by atoms with van der Waals surface area (Å²) in [5, 5.41) is 13.2. The molecule has 0 aromatic heterocycles. The molecule has 2 aromatic rings. The maximum atomic E-state index is 12.9. The molecule has 0 aliphatic heterocycles. The van der Waals surface area contributed by atoms with Gasteiger partial charge in [-0.25, -0.2) is 4.79 Å². The lowest BCUT2D eigenvalue weighted by atomic mass is 10.0. The van der Waals surface area contributed by atoms with Crippen molar-refractivity contribution in [3.05, 3.63) is 57.6 Å². The summed E-state index contributed by atoms with van der Waals surface area (Å²) in [5.74, 6) is -0.845. The molecule has 1 amide bonds. The van der Waals surface area contributed by atoms with Gasteiger partial charge in [-0.1, -0.05) is 50.1 Å². The molecule has 0 aliphatic carbocycles. The highest BCUT2D eigenvalue weighted by Crippen LogP contribution is 2.37. The van der Waals surface area contributed by atoms with Crippen LogP contribution in [0, 0.1) is 6.92 Å². The largest absolute Gasteiger partial charge is 0.507 e. The topological polar surface area (TPSA) is 84.9 Å². The van der Waals surface area contributed by atoms with E-state index in [1.807, 2.05) is 30.3 Å². The summed E-state index contributed by atoms with van der Waals surface area (Å²) >= 11 is 3.46. The van der Waals surface area contributed by atoms with Gasteiger partial charge in [0.05, 0.1) is 23.8 Å². The second-order valence-electron chi connectivity index (χ2n) is 7.00. The van der Waals surface area contributed by atoms with Crippen LogP contribution in [-0.2, 0) is 16.0 Å². The highest BCUT2D eigenvalue weighted by atomic mass is 79.9. The van der Waals surface area contributed by atoms with Gasteiger partial charge in [0.15, 0.2) is 0 Å². The Morgan fingerprint density at radius 2 is 1.90 bits per heavy atom. The first-order chi connectivity index (χ1) is 14.4. The summed E-state index contributed by atoms with van der Waals surface area (Å²) < 4.78 is 11.2. The molecule has 2 rings (SSSR count). The van der Waals surface area contributed by atoms with Crippen LogP contribution in [0.15, 0.2) is 40.9 Å². The molecule has 0 fully saturated rings. The fraction of sp³-hybridized carbons (Fsp3) is 0.391. The van der Waals surface area contributed by atoms with Crippen molar-refractivity contribution < 1.29 is 24.2 Å². The lowest BCUT2D eigenvalue weighted by Crippen LogP contribution is -2.43. The highest BCUT2D eigenvalue weighted by Gasteiger charge is 2.26. The van der Waals surface area contributed by atoms with E-state index in [0.29, 0.717) is 22.4 Å². The van der Waals surface area contributed by atoms with Crippen LogP contribution in [0.4, 0.5) is 0 Å². The fourth-order valence-electron chi connectivity index (χ4n) is 3.09. The van der Waals surface area contributed by atoms with E-state index in [4.69, 9.17) is 9.47 Å². The third-order valence-corrected chi connectivity index (χ3v) is 5.74. The van der Waals surface area contributed by atoms with Crippen molar-refractivity contribution in [1.29, 1.82) is 0 Å². The molecule has 0 aliphatic rings. The van der Waals surface area contributed by atoms with Gasteiger partial charge in [-0.3, -0.25) is 4.79 Å². The number of amides is 1. The second-order valence-corrected chi connectivity index (χ2v) is 7.80. The number of carbonyl (C=O) groups is 2. The third-order valence-electron chi connectivity index (χ3n) is 4.75. The number of nitrogens with one attached hydrogen (secondary N) is 1. The zero-order chi connectivity index (χ0) is 22.1. The quantitative estimate of drug-likeness (QED) is 0.387. The van der Waals surface area contributed by atoms with Gasteiger partial charge in [0.1, 0.15) is 17.5 Å². The smallest absolute Gasteiger partial charge is 0.328 e. The fourth-order valence-corrected chi connectivity index (χ4v) is 3.52. The Morgan fingerprint density at radius 3 is 2.53 bits per heavy atom. The molecular weight excluding hydrogens is 450 g/mol. The minimum Gasteiger partial charge on any atom is -0.507 e. The standard InChI is InChI=1S/C23H28BrNO5/c1-4-5-9-12-30-19-14-18(26)20(15(2)21(19)24)22(27)25-17(23(28)29-3)13-16-10-7-6-8-11-16/h6-8,10-11,14,17,26H,4-5,9,12-13H2,1-3H3,(H,25,27)/t17-/m0/s1. The van der Waals surface area contributed by atoms with E-state index < -0.39 is 17.9 Å². The van der Waals surface area contributed by atoms with Crippen molar-refractivity contribution in [1.82, 2.24) is 5.32 Å². The molecule has 6 nitrogen and oxygen atoms in total. The lowest BCUT2D eigenvalue weighted by molar-refractivity contribution is -0.142. The van der Waals surface area contributed by atoms with E-state index in [2.05, 4.69) is 28.2 Å². The van der Waals surface area contributed by atoms with Gasteiger partial charge in [-0.15, -0.1) is 0 Å². The predicted molar refractivity (Wildman–Crippen MR) is 119 cm³/mol. The van der Waals surface area contributed by atoms with E-state index in [1.165, 1.54) is 13.2 Å². The number of ether oxygens (including phenoxy) is 2. The van der Waals surface area contributed by atoms with Crippen molar-refractivity contribution in [2.24, 2.45) is 0 Å². The molecule has 2 N–H and O–H groups in total. The van der Waals surface area contributed by atoms with Crippen molar-refractivity contribution in [3.63, 3.8) is 0 Å². The Bertz CT molecular complexity index is 870. The number of benzene rings is 2. The first-order valence-electron chi connectivity index (χ1n) is 9.96. The van der Waals surface area contributed by atoms with Crippen LogP contribution in [0.2, 0.25) is 0 Å². The maximum absolute atomic E-state index is 12.9. The van der Waals surface area contributed by atoms with Gasteiger partial charge >= 0.3 is 5.97 Å². The summed E-state index contributed by atoms with van der Waals surface area (Å²) in [6, 6.07) is 9.86. The molecule has 162 valence electrons. The molecule has 0 saturated carbocycles. The van der Waals surface area contributed by atoms with E-state index in [0.717, 1.165) is 24.8 Å². The van der Waals surface area contributed by atoms with E-state index in [9.17, 15) is 14.7 Å². The Kier molecular flexibility index (Phi) is 9.17. The molecule has 0 radical (unpaired) electrons. The van der Waals surface area contributed by atoms with E-state index in [1.54, 1.807) is 6.92 Å². The first kappa shape index (κ1) is 23.7.